The van der Waals surface area contributed by atoms with Crippen LogP contribution in [0.15, 0.2) is 21.7 Å². The van der Waals surface area contributed by atoms with E-state index in [0.717, 1.165) is 18.6 Å². The van der Waals surface area contributed by atoms with Gasteiger partial charge in [0.05, 0.1) is 0 Å². The van der Waals surface area contributed by atoms with Crippen molar-refractivity contribution in [2.24, 2.45) is 5.10 Å². The van der Waals surface area contributed by atoms with Gasteiger partial charge >= 0.3 is 0 Å². The predicted octanol–water partition coefficient (Wildman–Crippen LogP) is 7.69. The highest BCUT2D eigenvalue weighted by Crippen LogP contribution is 2.13. The maximum Gasteiger partial charge on any atom is 0.240 e. The van der Waals surface area contributed by atoms with Gasteiger partial charge in [-0.05, 0) is 32.4 Å². The number of hydrazone groups is 1. The summed E-state index contributed by atoms with van der Waals surface area (Å²) in [5.74, 6) is 1.54. The molecule has 1 aromatic rings. The van der Waals surface area contributed by atoms with Crippen LogP contribution in [0.25, 0.3) is 0 Å². The van der Waals surface area contributed by atoms with Crippen molar-refractivity contribution in [2.45, 2.75) is 124 Å². The highest BCUT2D eigenvalue weighted by Gasteiger charge is 2.04. The van der Waals surface area contributed by atoms with Crippen molar-refractivity contribution in [1.29, 1.82) is 0 Å². The van der Waals surface area contributed by atoms with E-state index in [2.05, 4.69) is 17.5 Å². The highest BCUT2D eigenvalue weighted by atomic mass is 16.3. The summed E-state index contributed by atoms with van der Waals surface area (Å²) in [6.07, 6.45) is 20.6. The number of rotatable bonds is 18. The maximum atomic E-state index is 11.9. The summed E-state index contributed by atoms with van der Waals surface area (Å²) >= 11 is 0. The molecular formula is C25H44N2O2. The Hall–Kier alpha value is -1.58. The Bertz CT molecular complexity index is 563. The molecule has 1 heterocycles. The monoisotopic (exact) mass is 404 g/mol. The molecule has 0 saturated heterocycles. The van der Waals surface area contributed by atoms with Crippen LogP contribution in [-0.2, 0) is 4.79 Å². The summed E-state index contributed by atoms with van der Waals surface area (Å²) in [6, 6.07) is 3.76. The zero-order chi connectivity index (χ0) is 21.2. The molecule has 1 N–H and O–H groups in total. The number of furan rings is 1. The molecule has 0 saturated carbocycles. The van der Waals surface area contributed by atoms with Crippen molar-refractivity contribution in [3.05, 3.63) is 23.7 Å². The van der Waals surface area contributed by atoms with Crippen molar-refractivity contribution in [3.8, 4) is 0 Å². The third-order valence-electron chi connectivity index (χ3n) is 5.45. The van der Waals surface area contributed by atoms with Gasteiger partial charge in [-0.1, -0.05) is 96.8 Å². The first-order valence-corrected chi connectivity index (χ1v) is 12.0. The number of unbranched alkanes of at least 4 members (excludes halogenated alkanes) is 14. The van der Waals surface area contributed by atoms with Gasteiger partial charge in [0.2, 0.25) is 5.91 Å². The first-order valence-electron chi connectivity index (χ1n) is 12.0. The first-order chi connectivity index (χ1) is 14.1. The third-order valence-corrected chi connectivity index (χ3v) is 5.45. The number of nitrogens with one attached hydrogen (secondary N) is 1. The van der Waals surface area contributed by atoms with E-state index in [4.69, 9.17) is 4.42 Å². The van der Waals surface area contributed by atoms with Crippen LogP contribution < -0.4 is 5.43 Å². The molecule has 0 atom stereocenters. The van der Waals surface area contributed by atoms with Crippen molar-refractivity contribution >= 4 is 11.6 Å². The van der Waals surface area contributed by atoms with Crippen molar-refractivity contribution < 1.29 is 9.21 Å². The zero-order valence-corrected chi connectivity index (χ0v) is 19.2. The minimum atomic E-state index is -0.0117. The normalized spacial score (nSPS) is 11.8. The molecule has 1 aromatic heterocycles. The fourth-order valence-corrected chi connectivity index (χ4v) is 3.54. The molecule has 4 nitrogen and oxygen atoms in total. The van der Waals surface area contributed by atoms with Crippen LogP contribution in [-0.4, -0.2) is 11.6 Å². The van der Waals surface area contributed by atoms with Crippen molar-refractivity contribution in [3.63, 3.8) is 0 Å². The molecule has 29 heavy (non-hydrogen) atoms. The highest BCUT2D eigenvalue weighted by molar-refractivity contribution is 5.96. The number of carbonyl (C=O) groups is 1. The summed E-state index contributed by atoms with van der Waals surface area (Å²) in [5.41, 5.74) is 3.33. The number of nitrogens with zero attached hydrogens (tertiary/aromatic N) is 1. The second kappa shape index (κ2) is 17.3. The predicted molar refractivity (Wildman–Crippen MR) is 123 cm³/mol. The molecule has 0 spiro atoms. The molecule has 0 aliphatic rings. The van der Waals surface area contributed by atoms with E-state index in [0.29, 0.717) is 17.9 Å². The van der Waals surface area contributed by atoms with Gasteiger partial charge in [-0.3, -0.25) is 4.79 Å². The van der Waals surface area contributed by atoms with E-state index in [1.54, 1.807) is 0 Å². The van der Waals surface area contributed by atoms with Crippen LogP contribution in [0.3, 0.4) is 0 Å². The minimum absolute atomic E-state index is 0.0117. The first kappa shape index (κ1) is 25.5. The molecule has 0 unspecified atom stereocenters. The fraction of sp³-hybridized carbons (Fsp3) is 0.760. The van der Waals surface area contributed by atoms with Gasteiger partial charge in [0.1, 0.15) is 17.2 Å². The van der Waals surface area contributed by atoms with Gasteiger partial charge in [0, 0.05) is 6.42 Å². The average molecular weight is 405 g/mol. The summed E-state index contributed by atoms with van der Waals surface area (Å²) in [4.78, 5) is 11.9. The fourth-order valence-electron chi connectivity index (χ4n) is 3.54. The lowest BCUT2D eigenvalue weighted by Crippen LogP contribution is -2.18. The van der Waals surface area contributed by atoms with Gasteiger partial charge in [0.25, 0.3) is 0 Å². The number of hydrogen-bond donors (Lipinski definition) is 1. The summed E-state index contributed by atoms with van der Waals surface area (Å²) in [6.45, 7) is 6.01. The second-order valence-corrected chi connectivity index (χ2v) is 8.34. The molecule has 0 radical (unpaired) electrons. The van der Waals surface area contributed by atoms with Crippen LogP contribution in [0.5, 0.6) is 0 Å². The quantitative estimate of drug-likeness (QED) is 0.155. The Balaban J connectivity index is 1.86. The molecule has 0 aromatic carbocycles. The molecular weight excluding hydrogens is 360 g/mol. The molecule has 166 valence electrons. The van der Waals surface area contributed by atoms with Crippen LogP contribution >= 0.6 is 0 Å². The number of amides is 1. The van der Waals surface area contributed by atoms with Crippen LogP contribution in [0.4, 0.5) is 0 Å². The van der Waals surface area contributed by atoms with Gasteiger partial charge in [-0.2, -0.15) is 5.10 Å². The lowest BCUT2D eigenvalue weighted by molar-refractivity contribution is -0.121. The molecule has 4 heteroatoms. The Morgan fingerprint density at radius 3 is 1.76 bits per heavy atom. The Labute approximate surface area is 178 Å². The number of aryl methyl sites for hydroxylation is 1. The largest absolute Gasteiger partial charge is 0.460 e. The van der Waals surface area contributed by atoms with Gasteiger partial charge in [0.15, 0.2) is 0 Å². The maximum absolute atomic E-state index is 11.9. The molecule has 0 aliphatic heterocycles. The van der Waals surface area contributed by atoms with E-state index in [-0.39, 0.29) is 5.91 Å². The molecule has 0 bridgehead atoms. The summed E-state index contributed by atoms with van der Waals surface area (Å²) in [5, 5.41) is 4.12. The minimum Gasteiger partial charge on any atom is -0.460 e. The average Bonchev–Trinajstić information content (AvgIpc) is 3.15. The molecule has 1 amide bonds. The van der Waals surface area contributed by atoms with E-state index in [1.165, 1.54) is 83.5 Å². The van der Waals surface area contributed by atoms with E-state index >= 15 is 0 Å². The Morgan fingerprint density at radius 2 is 1.31 bits per heavy atom. The topological polar surface area (TPSA) is 54.6 Å². The van der Waals surface area contributed by atoms with E-state index < -0.39 is 0 Å². The van der Waals surface area contributed by atoms with E-state index in [9.17, 15) is 4.79 Å². The van der Waals surface area contributed by atoms with Crippen molar-refractivity contribution in [1.82, 2.24) is 5.43 Å². The van der Waals surface area contributed by atoms with Gasteiger partial charge in [-0.25, -0.2) is 5.43 Å². The van der Waals surface area contributed by atoms with Crippen LogP contribution in [0, 0.1) is 6.92 Å². The van der Waals surface area contributed by atoms with Crippen LogP contribution in [0.1, 0.15) is 128 Å². The van der Waals surface area contributed by atoms with Gasteiger partial charge in [-0.15, -0.1) is 0 Å². The second-order valence-electron chi connectivity index (χ2n) is 8.34. The number of hydrogen-bond acceptors (Lipinski definition) is 3. The molecule has 0 aliphatic carbocycles. The SMILES string of the molecule is CCCCCCCCCCCCCCCCCC(=O)N/N=C(\C)c1ccc(C)o1. The lowest BCUT2D eigenvalue weighted by atomic mass is 10.0. The third kappa shape index (κ3) is 14.1. The smallest absolute Gasteiger partial charge is 0.240 e. The standard InChI is InChI=1S/C25H44N2O2/c1-4-5-6-7-8-9-10-11-12-13-14-15-16-17-18-19-25(28)27-26-23(3)24-21-20-22(2)29-24/h20-21H,4-19H2,1-3H3,(H,27,28)/b26-23+. The van der Waals surface area contributed by atoms with Gasteiger partial charge < -0.3 is 4.42 Å². The summed E-state index contributed by atoms with van der Waals surface area (Å²) < 4.78 is 5.49. The summed E-state index contributed by atoms with van der Waals surface area (Å²) in [7, 11) is 0. The van der Waals surface area contributed by atoms with E-state index in [1.807, 2.05) is 26.0 Å². The zero-order valence-electron chi connectivity index (χ0n) is 19.2. The Morgan fingerprint density at radius 1 is 0.828 bits per heavy atom. The van der Waals surface area contributed by atoms with Crippen LogP contribution in [0.2, 0.25) is 0 Å². The lowest BCUT2D eigenvalue weighted by Gasteiger charge is -2.04. The molecule has 0 fully saturated rings. The van der Waals surface area contributed by atoms with Crippen molar-refractivity contribution in [2.75, 3.05) is 0 Å². The molecule has 1 rings (SSSR count). The number of carbonyl (C=O) groups excluding carboxylic acids is 1. The Kier molecular flexibility index (Phi) is 15.2.